The highest BCUT2D eigenvalue weighted by atomic mass is 16.5. The first-order chi connectivity index (χ1) is 7.60. The highest BCUT2D eigenvalue weighted by Gasteiger charge is 2.26. The zero-order valence-electron chi connectivity index (χ0n) is 8.75. The van der Waals surface area contributed by atoms with E-state index in [1.807, 2.05) is 0 Å². The average molecular weight is 226 g/mol. The third-order valence-electron chi connectivity index (χ3n) is 2.16. The molecule has 0 aliphatic carbocycles. The Labute approximate surface area is 92.6 Å². The first-order valence-corrected chi connectivity index (χ1v) is 4.60. The lowest BCUT2D eigenvalue weighted by Crippen LogP contribution is -2.29. The summed E-state index contributed by atoms with van der Waals surface area (Å²) in [7, 11) is 1.14. The van der Waals surface area contributed by atoms with Crippen LogP contribution in [0.4, 0.5) is 5.69 Å². The van der Waals surface area contributed by atoms with Crippen molar-refractivity contribution in [1.82, 2.24) is 0 Å². The molecule has 0 aromatic heterocycles. The molecule has 0 aliphatic rings. The molecule has 0 radical (unpaired) electrons. The second kappa shape index (κ2) is 5.45. The Morgan fingerprint density at radius 2 is 1.94 bits per heavy atom. The molecule has 88 valence electrons. The number of nitrogen functional groups attached to an aromatic ring is 1. The molecule has 2 unspecified atom stereocenters. The summed E-state index contributed by atoms with van der Waals surface area (Å²) in [6.45, 7) is 0. The minimum Gasteiger partial charge on any atom is -0.467 e. The second-order valence-electron chi connectivity index (χ2n) is 3.18. The monoisotopic (exact) mass is 226 g/mol. The molecule has 6 nitrogen and oxygen atoms in total. The predicted octanol–water partition coefficient (Wildman–Crippen LogP) is -0.461. The summed E-state index contributed by atoms with van der Waals surface area (Å²) in [4.78, 5) is 11.0. The Hall–Kier alpha value is -1.63. The van der Waals surface area contributed by atoms with Crippen molar-refractivity contribution in [2.75, 3.05) is 12.5 Å². The number of hydrogen-bond donors (Lipinski definition) is 4. The molecule has 1 aromatic rings. The number of carbonyl (C=O) groups is 1. The first-order valence-electron chi connectivity index (χ1n) is 4.60. The molecule has 0 saturated carbocycles. The predicted molar refractivity (Wildman–Crippen MR) is 57.2 cm³/mol. The van der Waals surface area contributed by atoms with Crippen LogP contribution in [-0.2, 0) is 9.53 Å². The van der Waals surface area contributed by atoms with Gasteiger partial charge in [-0.05, 0) is 17.7 Å². The van der Waals surface area contributed by atoms with Crippen molar-refractivity contribution in [2.45, 2.75) is 12.2 Å². The summed E-state index contributed by atoms with van der Waals surface area (Å²) in [5.74, 6) is 4.29. The number of rotatable bonds is 4. The van der Waals surface area contributed by atoms with Crippen LogP contribution in [0.1, 0.15) is 11.7 Å². The maximum absolute atomic E-state index is 11.0. The topological polar surface area (TPSA) is 105 Å². The number of esters is 1. The molecule has 6 heteroatoms. The van der Waals surface area contributed by atoms with E-state index in [2.05, 4.69) is 10.2 Å². The van der Waals surface area contributed by atoms with Crippen LogP contribution < -0.4 is 11.3 Å². The van der Waals surface area contributed by atoms with Gasteiger partial charge in [0, 0.05) is 5.69 Å². The normalized spacial score (nSPS) is 14.0. The third-order valence-corrected chi connectivity index (χ3v) is 2.16. The lowest BCUT2D eigenvalue weighted by Gasteiger charge is -2.16. The summed E-state index contributed by atoms with van der Waals surface area (Å²) in [5.41, 5.74) is 3.48. The minimum atomic E-state index is -1.60. The number of nitrogens with one attached hydrogen (secondary N) is 1. The van der Waals surface area contributed by atoms with Gasteiger partial charge in [0.2, 0.25) is 0 Å². The summed E-state index contributed by atoms with van der Waals surface area (Å²) in [6, 6.07) is 6.32. The van der Waals surface area contributed by atoms with Crippen molar-refractivity contribution >= 4 is 11.7 Å². The number of aliphatic hydroxyl groups is 2. The van der Waals surface area contributed by atoms with Crippen LogP contribution in [0.5, 0.6) is 0 Å². The molecule has 0 fully saturated rings. The Kier molecular flexibility index (Phi) is 4.24. The van der Waals surface area contributed by atoms with Gasteiger partial charge in [-0.15, -0.1) is 0 Å². The zero-order chi connectivity index (χ0) is 12.1. The van der Waals surface area contributed by atoms with E-state index in [0.29, 0.717) is 11.3 Å². The van der Waals surface area contributed by atoms with Crippen LogP contribution in [0.2, 0.25) is 0 Å². The van der Waals surface area contributed by atoms with Crippen LogP contribution in [0.3, 0.4) is 0 Å². The largest absolute Gasteiger partial charge is 0.467 e. The number of anilines is 1. The van der Waals surface area contributed by atoms with Gasteiger partial charge in [-0.3, -0.25) is 5.84 Å². The Morgan fingerprint density at radius 1 is 1.38 bits per heavy atom. The lowest BCUT2D eigenvalue weighted by molar-refractivity contribution is -0.156. The van der Waals surface area contributed by atoms with Crippen LogP contribution in [-0.4, -0.2) is 29.4 Å². The van der Waals surface area contributed by atoms with E-state index in [1.54, 1.807) is 24.3 Å². The molecule has 0 bridgehead atoms. The van der Waals surface area contributed by atoms with Crippen molar-refractivity contribution in [3.8, 4) is 0 Å². The maximum Gasteiger partial charge on any atom is 0.337 e. The molecule has 0 saturated heterocycles. The quantitative estimate of drug-likeness (QED) is 0.314. The number of ether oxygens (including phenoxy) is 1. The maximum atomic E-state index is 11.0. The lowest BCUT2D eigenvalue weighted by atomic mass is 10.0. The van der Waals surface area contributed by atoms with Crippen molar-refractivity contribution in [3.63, 3.8) is 0 Å². The van der Waals surface area contributed by atoms with E-state index in [4.69, 9.17) is 5.84 Å². The SMILES string of the molecule is COC(=O)C(O)C(O)c1ccc(NN)cc1. The number of methoxy groups -OCH3 is 1. The van der Waals surface area contributed by atoms with Crippen molar-refractivity contribution < 1.29 is 19.7 Å². The number of hydrogen-bond acceptors (Lipinski definition) is 6. The standard InChI is InChI=1S/C10H14N2O4/c1-16-10(15)9(14)8(13)6-2-4-7(12-11)5-3-6/h2-5,8-9,12-14H,11H2,1H3. The van der Waals surface area contributed by atoms with E-state index >= 15 is 0 Å². The molecule has 1 aromatic carbocycles. The Bertz CT molecular complexity index is 352. The molecule has 0 aliphatic heterocycles. The van der Waals surface area contributed by atoms with E-state index in [1.165, 1.54) is 0 Å². The number of nitrogens with two attached hydrogens (primary N) is 1. The Balaban J connectivity index is 2.79. The number of carbonyl (C=O) groups excluding carboxylic acids is 1. The highest BCUT2D eigenvalue weighted by Crippen LogP contribution is 2.19. The molecular formula is C10H14N2O4. The average Bonchev–Trinajstić information content (AvgIpc) is 2.36. The zero-order valence-corrected chi connectivity index (χ0v) is 8.75. The minimum absolute atomic E-state index is 0.400. The van der Waals surface area contributed by atoms with Gasteiger partial charge in [-0.25, -0.2) is 4.79 Å². The van der Waals surface area contributed by atoms with Crippen LogP contribution in [0, 0.1) is 0 Å². The fourth-order valence-electron chi connectivity index (χ4n) is 1.21. The van der Waals surface area contributed by atoms with E-state index in [0.717, 1.165) is 7.11 Å². The number of hydrazine groups is 1. The smallest absolute Gasteiger partial charge is 0.337 e. The number of aliphatic hydroxyl groups excluding tert-OH is 2. The first kappa shape index (κ1) is 12.4. The summed E-state index contributed by atoms with van der Waals surface area (Å²) < 4.78 is 4.32. The van der Waals surface area contributed by atoms with E-state index in [-0.39, 0.29) is 0 Å². The molecule has 16 heavy (non-hydrogen) atoms. The molecule has 5 N–H and O–H groups in total. The van der Waals surface area contributed by atoms with Gasteiger partial charge in [0.05, 0.1) is 7.11 Å². The molecule has 2 atom stereocenters. The summed E-state index contributed by atoms with van der Waals surface area (Å²) in [6.07, 6.45) is -2.92. The van der Waals surface area contributed by atoms with Gasteiger partial charge in [-0.1, -0.05) is 12.1 Å². The Morgan fingerprint density at radius 3 is 2.38 bits per heavy atom. The van der Waals surface area contributed by atoms with Gasteiger partial charge < -0.3 is 20.4 Å². The van der Waals surface area contributed by atoms with Gasteiger partial charge in [-0.2, -0.15) is 0 Å². The second-order valence-corrected chi connectivity index (χ2v) is 3.18. The molecule has 0 spiro atoms. The van der Waals surface area contributed by atoms with Crippen LogP contribution in [0.15, 0.2) is 24.3 Å². The van der Waals surface area contributed by atoms with E-state index in [9.17, 15) is 15.0 Å². The van der Waals surface area contributed by atoms with Crippen LogP contribution >= 0.6 is 0 Å². The fraction of sp³-hybridized carbons (Fsp3) is 0.300. The van der Waals surface area contributed by atoms with Gasteiger partial charge in [0.25, 0.3) is 0 Å². The molecular weight excluding hydrogens is 212 g/mol. The molecule has 0 heterocycles. The van der Waals surface area contributed by atoms with Gasteiger partial charge in [0.1, 0.15) is 6.10 Å². The molecule has 0 amide bonds. The van der Waals surface area contributed by atoms with Gasteiger partial charge in [0.15, 0.2) is 6.10 Å². The van der Waals surface area contributed by atoms with Crippen molar-refractivity contribution in [2.24, 2.45) is 5.84 Å². The fourth-order valence-corrected chi connectivity index (χ4v) is 1.21. The van der Waals surface area contributed by atoms with Crippen LogP contribution in [0.25, 0.3) is 0 Å². The summed E-state index contributed by atoms with van der Waals surface area (Å²) in [5, 5.41) is 19.1. The van der Waals surface area contributed by atoms with Crippen molar-refractivity contribution in [1.29, 1.82) is 0 Å². The number of benzene rings is 1. The van der Waals surface area contributed by atoms with E-state index < -0.39 is 18.2 Å². The molecule has 1 rings (SSSR count). The highest BCUT2D eigenvalue weighted by molar-refractivity contribution is 5.75. The van der Waals surface area contributed by atoms with Gasteiger partial charge >= 0.3 is 5.97 Å². The third kappa shape index (κ3) is 2.69. The van der Waals surface area contributed by atoms with Crippen molar-refractivity contribution in [3.05, 3.63) is 29.8 Å². The summed E-state index contributed by atoms with van der Waals surface area (Å²) >= 11 is 0.